The van der Waals surface area contributed by atoms with Crippen molar-refractivity contribution in [1.82, 2.24) is 5.32 Å². The SMILES string of the molecule is COC(=O)CCCNCS. The molecule has 4 heteroatoms. The van der Waals surface area contributed by atoms with E-state index in [2.05, 4.69) is 22.7 Å². The quantitative estimate of drug-likeness (QED) is 0.267. The minimum atomic E-state index is -0.152. The van der Waals surface area contributed by atoms with Crippen molar-refractivity contribution < 1.29 is 9.53 Å². The topological polar surface area (TPSA) is 38.3 Å². The van der Waals surface area contributed by atoms with Gasteiger partial charge < -0.3 is 10.1 Å². The standard InChI is InChI=1S/C6H13NO2S/c1-9-6(8)3-2-4-7-5-10/h7,10H,2-5H2,1H3. The Balaban J connectivity index is 2.96. The first-order valence-electron chi connectivity index (χ1n) is 3.19. The second kappa shape index (κ2) is 6.89. The molecule has 0 amide bonds. The first kappa shape index (κ1) is 9.78. The lowest BCUT2D eigenvalue weighted by Crippen LogP contribution is -2.14. The third-order valence-electron chi connectivity index (χ3n) is 1.07. The van der Waals surface area contributed by atoms with E-state index in [0.717, 1.165) is 13.0 Å². The predicted octanol–water partition coefficient (Wildman–Crippen LogP) is 0.416. The van der Waals surface area contributed by atoms with Gasteiger partial charge in [-0.15, -0.1) is 0 Å². The number of hydrogen-bond donors (Lipinski definition) is 2. The average Bonchev–Trinajstić information content (AvgIpc) is 1.98. The molecule has 0 bridgehead atoms. The predicted molar refractivity (Wildman–Crippen MR) is 43.1 cm³/mol. The Morgan fingerprint density at radius 3 is 2.90 bits per heavy atom. The highest BCUT2D eigenvalue weighted by Crippen LogP contribution is 1.88. The molecule has 0 rings (SSSR count). The molecule has 3 nitrogen and oxygen atoms in total. The molecule has 0 heterocycles. The maximum absolute atomic E-state index is 10.5. The minimum Gasteiger partial charge on any atom is -0.469 e. The number of nitrogens with one attached hydrogen (secondary N) is 1. The summed E-state index contributed by atoms with van der Waals surface area (Å²) in [5.41, 5.74) is 0. The summed E-state index contributed by atoms with van der Waals surface area (Å²) in [5, 5.41) is 2.98. The fourth-order valence-electron chi connectivity index (χ4n) is 0.539. The molecule has 0 saturated carbocycles. The molecule has 60 valence electrons. The van der Waals surface area contributed by atoms with Crippen molar-refractivity contribution in [1.29, 1.82) is 0 Å². The molecule has 0 aromatic heterocycles. The van der Waals surface area contributed by atoms with E-state index in [1.165, 1.54) is 7.11 Å². The summed E-state index contributed by atoms with van der Waals surface area (Å²) >= 11 is 3.94. The molecule has 0 spiro atoms. The van der Waals surface area contributed by atoms with E-state index in [1.807, 2.05) is 0 Å². The Morgan fingerprint density at radius 1 is 1.70 bits per heavy atom. The summed E-state index contributed by atoms with van der Waals surface area (Å²) in [6.07, 6.45) is 1.30. The van der Waals surface area contributed by atoms with E-state index >= 15 is 0 Å². The summed E-state index contributed by atoms with van der Waals surface area (Å²) in [5.74, 6) is 0.502. The first-order chi connectivity index (χ1) is 4.81. The fraction of sp³-hybridized carbons (Fsp3) is 0.833. The number of thiol groups is 1. The van der Waals surface area contributed by atoms with Crippen molar-refractivity contribution in [2.45, 2.75) is 12.8 Å². The number of ether oxygens (including phenoxy) is 1. The van der Waals surface area contributed by atoms with Gasteiger partial charge in [0, 0.05) is 12.3 Å². The summed E-state index contributed by atoms with van der Waals surface area (Å²) in [7, 11) is 1.40. The van der Waals surface area contributed by atoms with Crippen LogP contribution < -0.4 is 5.32 Å². The smallest absolute Gasteiger partial charge is 0.305 e. The summed E-state index contributed by atoms with van der Waals surface area (Å²) in [4.78, 5) is 10.5. The van der Waals surface area contributed by atoms with Gasteiger partial charge in [-0.05, 0) is 13.0 Å². The van der Waals surface area contributed by atoms with Crippen LogP contribution >= 0.6 is 12.6 Å². The normalized spacial score (nSPS) is 9.40. The van der Waals surface area contributed by atoms with E-state index in [1.54, 1.807) is 0 Å². The monoisotopic (exact) mass is 163 g/mol. The van der Waals surface area contributed by atoms with Crippen molar-refractivity contribution in [3.05, 3.63) is 0 Å². The molecule has 0 atom stereocenters. The fourth-order valence-corrected chi connectivity index (χ4v) is 0.697. The van der Waals surface area contributed by atoms with E-state index < -0.39 is 0 Å². The van der Waals surface area contributed by atoms with Crippen LogP contribution in [0.15, 0.2) is 0 Å². The zero-order valence-corrected chi connectivity index (χ0v) is 6.99. The zero-order valence-electron chi connectivity index (χ0n) is 6.09. The second-order valence-electron chi connectivity index (χ2n) is 1.84. The van der Waals surface area contributed by atoms with Gasteiger partial charge in [0.05, 0.1) is 7.11 Å². The number of carbonyl (C=O) groups excluding carboxylic acids is 1. The van der Waals surface area contributed by atoms with Gasteiger partial charge >= 0.3 is 5.97 Å². The maximum atomic E-state index is 10.5. The van der Waals surface area contributed by atoms with Crippen molar-refractivity contribution in [2.75, 3.05) is 19.5 Å². The molecule has 0 aliphatic rings. The molecule has 1 N–H and O–H groups in total. The second-order valence-corrected chi connectivity index (χ2v) is 2.15. The van der Waals surface area contributed by atoms with E-state index in [-0.39, 0.29) is 5.97 Å². The van der Waals surface area contributed by atoms with Crippen LogP contribution in [0.4, 0.5) is 0 Å². The lowest BCUT2D eigenvalue weighted by molar-refractivity contribution is -0.140. The molecule has 0 aliphatic carbocycles. The molecule has 0 aromatic rings. The molecule has 0 saturated heterocycles. The Bertz CT molecular complexity index is 97.7. The van der Waals surface area contributed by atoms with Crippen molar-refractivity contribution in [2.24, 2.45) is 0 Å². The van der Waals surface area contributed by atoms with Crippen LogP contribution in [0.25, 0.3) is 0 Å². The molecule has 0 radical (unpaired) electrons. The van der Waals surface area contributed by atoms with Gasteiger partial charge in [0.1, 0.15) is 0 Å². The first-order valence-corrected chi connectivity index (χ1v) is 3.83. The molecule has 0 fully saturated rings. The van der Waals surface area contributed by atoms with Gasteiger partial charge in [0.15, 0.2) is 0 Å². The van der Waals surface area contributed by atoms with E-state index in [4.69, 9.17) is 0 Å². The number of carbonyl (C=O) groups is 1. The highest BCUT2D eigenvalue weighted by atomic mass is 32.1. The largest absolute Gasteiger partial charge is 0.469 e. The Hall–Kier alpha value is -0.220. The molecule has 10 heavy (non-hydrogen) atoms. The van der Waals surface area contributed by atoms with Crippen LogP contribution in [0.1, 0.15) is 12.8 Å². The molecular formula is C6H13NO2S. The maximum Gasteiger partial charge on any atom is 0.305 e. The Kier molecular flexibility index (Phi) is 6.74. The Morgan fingerprint density at radius 2 is 2.40 bits per heavy atom. The lowest BCUT2D eigenvalue weighted by Gasteiger charge is -1.98. The van der Waals surface area contributed by atoms with Gasteiger partial charge in [-0.2, -0.15) is 12.6 Å². The van der Waals surface area contributed by atoms with E-state index in [9.17, 15) is 4.79 Å². The van der Waals surface area contributed by atoms with Gasteiger partial charge in [-0.1, -0.05) is 0 Å². The van der Waals surface area contributed by atoms with Crippen LogP contribution in [0, 0.1) is 0 Å². The van der Waals surface area contributed by atoms with Crippen LogP contribution in [0.5, 0.6) is 0 Å². The minimum absolute atomic E-state index is 0.152. The third kappa shape index (κ3) is 5.91. The Labute approximate surface area is 66.5 Å². The number of hydrogen-bond acceptors (Lipinski definition) is 4. The van der Waals surface area contributed by atoms with E-state index in [0.29, 0.717) is 12.3 Å². The summed E-state index contributed by atoms with van der Waals surface area (Å²) < 4.78 is 4.44. The van der Waals surface area contributed by atoms with Crippen molar-refractivity contribution in [3.8, 4) is 0 Å². The lowest BCUT2D eigenvalue weighted by atomic mass is 10.3. The van der Waals surface area contributed by atoms with Crippen LogP contribution in [-0.4, -0.2) is 25.5 Å². The average molecular weight is 163 g/mol. The van der Waals surface area contributed by atoms with Crippen molar-refractivity contribution in [3.63, 3.8) is 0 Å². The molecular weight excluding hydrogens is 150 g/mol. The van der Waals surface area contributed by atoms with Gasteiger partial charge in [0.2, 0.25) is 0 Å². The summed E-state index contributed by atoms with van der Waals surface area (Å²) in [6, 6.07) is 0. The van der Waals surface area contributed by atoms with Crippen LogP contribution in [0.3, 0.4) is 0 Å². The van der Waals surface area contributed by atoms with Gasteiger partial charge in [-0.3, -0.25) is 4.79 Å². The van der Waals surface area contributed by atoms with Crippen molar-refractivity contribution >= 4 is 18.6 Å². The highest BCUT2D eigenvalue weighted by molar-refractivity contribution is 7.80. The van der Waals surface area contributed by atoms with Crippen LogP contribution in [-0.2, 0) is 9.53 Å². The third-order valence-corrected chi connectivity index (χ3v) is 1.30. The zero-order chi connectivity index (χ0) is 7.82. The highest BCUT2D eigenvalue weighted by Gasteiger charge is 1.97. The van der Waals surface area contributed by atoms with Crippen LogP contribution in [0.2, 0.25) is 0 Å². The number of rotatable bonds is 5. The van der Waals surface area contributed by atoms with Gasteiger partial charge in [-0.25, -0.2) is 0 Å². The molecule has 0 aliphatic heterocycles. The molecule has 0 unspecified atom stereocenters. The molecule has 0 aromatic carbocycles. The number of esters is 1. The number of methoxy groups -OCH3 is 1. The van der Waals surface area contributed by atoms with Gasteiger partial charge in [0.25, 0.3) is 0 Å². The summed E-state index contributed by atoms with van der Waals surface area (Å²) in [6.45, 7) is 0.818.